The van der Waals surface area contributed by atoms with Crippen LogP contribution in [0.25, 0.3) is 0 Å². The fourth-order valence-corrected chi connectivity index (χ4v) is 0.911. The summed E-state index contributed by atoms with van der Waals surface area (Å²) in [4.78, 5) is 0. The number of imidazole rings is 1. The Morgan fingerprint density at radius 1 is 1.22 bits per heavy atom. The van der Waals surface area contributed by atoms with Crippen LogP contribution in [0.15, 0.2) is 18.7 Å². The topological polar surface area (TPSA) is 49.3 Å². The zero-order valence-corrected chi connectivity index (χ0v) is 10.1. The summed E-state index contributed by atoms with van der Waals surface area (Å²) in [5.41, 5.74) is 0. The van der Waals surface area contributed by atoms with Crippen molar-refractivity contribution in [3.05, 3.63) is 18.7 Å². The molecular weight excluding hydrogens is 289 g/mol. The molecule has 110 valence electrons. The summed E-state index contributed by atoms with van der Waals surface area (Å²) in [6.45, 7) is 0.249. The number of rotatable bonds is 3. The maximum absolute atomic E-state index is 10.7. The van der Waals surface area contributed by atoms with Gasteiger partial charge in [0.25, 0.3) is 0 Å². The van der Waals surface area contributed by atoms with Gasteiger partial charge >= 0.3 is 33.0 Å². The molecule has 0 spiro atoms. The summed E-state index contributed by atoms with van der Waals surface area (Å²) in [5, 5.41) is 17.6. The van der Waals surface area contributed by atoms with Gasteiger partial charge in [-0.1, -0.05) is 0 Å². The fourth-order valence-electron chi connectivity index (χ4n) is 0.911. The molecule has 0 amide bonds. The van der Waals surface area contributed by atoms with Gasteiger partial charge in [-0.2, -0.15) is 0 Å². The Bertz CT molecular complexity index is 377. The molecular formula is C7H13F6N2O2P. The molecule has 1 aromatic heterocycles. The predicted octanol–water partition coefficient (Wildman–Crippen LogP) is 2.05. The maximum atomic E-state index is 9.87. The van der Waals surface area contributed by atoms with E-state index in [1.54, 1.807) is 0 Å². The Labute approximate surface area is 98.3 Å². The van der Waals surface area contributed by atoms with E-state index >= 15 is 0 Å². The molecule has 1 aromatic rings. The third-order valence-corrected chi connectivity index (χ3v) is 1.46. The van der Waals surface area contributed by atoms with Gasteiger partial charge in [0.1, 0.15) is 25.0 Å². The van der Waals surface area contributed by atoms with Crippen LogP contribution in [0.1, 0.15) is 0 Å². The van der Waals surface area contributed by atoms with Crippen LogP contribution in [0.3, 0.4) is 0 Å². The minimum atomic E-state index is -10.7. The number of aryl methyl sites for hydroxylation is 1. The average molecular weight is 302 g/mol. The van der Waals surface area contributed by atoms with Gasteiger partial charge in [0.2, 0.25) is 6.33 Å². The van der Waals surface area contributed by atoms with Gasteiger partial charge in [-0.3, -0.25) is 0 Å². The van der Waals surface area contributed by atoms with Gasteiger partial charge in [-0.05, 0) is 0 Å². The van der Waals surface area contributed by atoms with Crippen molar-refractivity contribution in [2.75, 3.05) is 6.61 Å². The minimum absolute atomic E-state index is 0.193. The van der Waals surface area contributed by atoms with E-state index < -0.39 is 13.9 Å². The van der Waals surface area contributed by atoms with Crippen molar-refractivity contribution < 1.29 is 40.0 Å². The summed E-state index contributed by atoms with van der Waals surface area (Å²) >= 11 is 0. The molecule has 2 N–H and O–H groups in total. The molecule has 0 aliphatic heterocycles. The number of aromatic nitrogens is 2. The van der Waals surface area contributed by atoms with Crippen molar-refractivity contribution >= 4 is 7.81 Å². The number of nitrogens with zero attached hydrogens (tertiary/aromatic N) is 2. The molecule has 0 aromatic carbocycles. The normalized spacial score (nSPS) is 17.2. The first-order valence-corrected chi connectivity index (χ1v) is 6.56. The Morgan fingerprint density at radius 3 is 1.94 bits per heavy atom. The van der Waals surface area contributed by atoms with Crippen LogP contribution < -0.4 is 4.57 Å². The van der Waals surface area contributed by atoms with Gasteiger partial charge in [0.05, 0.1) is 13.7 Å². The molecule has 0 aliphatic rings. The van der Waals surface area contributed by atoms with E-state index in [0.717, 1.165) is 0 Å². The molecule has 0 radical (unpaired) electrons. The van der Waals surface area contributed by atoms with Crippen molar-refractivity contribution in [1.29, 1.82) is 0 Å². The molecule has 18 heavy (non-hydrogen) atoms. The number of aliphatic hydroxyl groups is 2. The van der Waals surface area contributed by atoms with Crippen LogP contribution in [0.5, 0.6) is 0 Å². The number of aliphatic hydroxyl groups excluding tert-OH is 2. The number of hydrogen-bond acceptors (Lipinski definition) is 2. The molecule has 0 saturated heterocycles. The SMILES string of the molecule is C[n+]1ccn(CC(O)CO)c1.F[P-](F)(F)(F)(F)F. The van der Waals surface area contributed by atoms with Crippen molar-refractivity contribution in [3.8, 4) is 0 Å². The summed E-state index contributed by atoms with van der Waals surface area (Å²) in [6.07, 6.45) is 4.91. The average Bonchev–Trinajstić information content (AvgIpc) is 2.45. The molecule has 11 heteroatoms. The summed E-state index contributed by atoms with van der Waals surface area (Å²) in [5.74, 6) is 0. The van der Waals surface area contributed by atoms with Gasteiger partial charge in [-0.25, -0.2) is 9.13 Å². The van der Waals surface area contributed by atoms with E-state index in [1.165, 1.54) is 0 Å². The molecule has 1 atom stereocenters. The Hall–Kier alpha value is -0.860. The van der Waals surface area contributed by atoms with Crippen LogP contribution in [-0.2, 0) is 13.6 Å². The van der Waals surface area contributed by atoms with Gasteiger partial charge < -0.3 is 10.2 Å². The number of hydrogen-bond donors (Lipinski definition) is 2. The zero-order chi connectivity index (χ0) is 14.7. The number of halogens is 6. The van der Waals surface area contributed by atoms with E-state index in [-0.39, 0.29) is 6.61 Å². The third kappa shape index (κ3) is 15.1. The summed E-state index contributed by atoms with van der Waals surface area (Å²) in [7, 11) is -8.75. The van der Waals surface area contributed by atoms with Gasteiger partial charge in [-0.15, -0.1) is 0 Å². The molecule has 4 nitrogen and oxygen atoms in total. The van der Waals surface area contributed by atoms with E-state index in [4.69, 9.17) is 10.2 Å². The van der Waals surface area contributed by atoms with Crippen LogP contribution in [0.4, 0.5) is 25.2 Å². The van der Waals surface area contributed by atoms with Crippen molar-refractivity contribution in [2.24, 2.45) is 7.05 Å². The zero-order valence-electron chi connectivity index (χ0n) is 9.23. The van der Waals surface area contributed by atoms with Gasteiger partial charge in [0.15, 0.2) is 0 Å². The molecule has 1 heterocycles. The van der Waals surface area contributed by atoms with E-state index in [1.807, 2.05) is 34.9 Å². The Kier molecular flexibility index (Phi) is 4.45. The van der Waals surface area contributed by atoms with Crippen LogP contribution >= 0.6 is 7.81 Å². The van der Waals surface area contributed by atoms with Crippen molar-refractivity contribution in [3.63, 3.8) is 0 Å². The molecule has 1 unspecified atom stereocenters. The molecule has 1 rings (SSSR count). The third-order valence-electron chi connectivity index (χ3n) is 1.46. The van der Waals surface area contributed by atoms with Gasteiger partial charge in [0, 0.05) is 0 Å². The van der Waals surface area contributed by atoms with E-state index in [9.17, 15) is 25.2 Å². The summed E-state index contributed by atoms with van der Waals surface area (Å²) in [6, 6.07) is 0. The van der Waals surface area contributed by atoms with Crippen LogP contribution in [-0.4, -0.2) is 27.5 Å². The Balaban J connectivity index is 0.000000360. The van der Waals surface area contributed by atoms with Crippen LogP contribution in [0.2, 0.25) is 0 Å². The summed E-state index contributed by atoms with van der Waals surface area (Å²) < 4.78 is 62.9. The molecule has 0 aliphatic carbocycles. The van der Waals surface area contributed by atoms with E-state index in [2.05, 4.69) is 0 Å². The quantitative estimate of drug-likeness (QED) is 0.510. The first-order valence-electron chi connectivity index (χ1n) is 4.53. The first kappa shape index (κ1) is 17.1. The molecule has 0 fully saturated rings. The van der Waals surface area contributed by atoms with Crippen molar-refractivity contribution in [2.45, 2.75) is 12.6 Å². The molecule has 0 saturated carbocycles. The predicted molar refractivity (Wildman–Crippen MR) is 52.3 cm³/mol. The molecule has 0 bridgehead atoms. The first-order chi connectivity index (χ1) is 7.67. The second-order valence-electron chi connectivity index (χ2n) is 3.57. The second-order valence-corrected chi connectivity index (χ2v) is 5.49. The fraction of sp³-hybridized carbons (Fsp3) is 0.571. The standard InChI is InChI=1S/C7H13N2O2.F6P/c1-8-2-3-9(6-8)4-7(11)5-10;1-7(2,3,4,5)6/h2-3,6-7,10-11H,4-5H2,1H3;/q+1;-1. The second kappa shape index (κ2) is 4.67. The van der Waals surface area contributed by atoms with Crippen molar-refractivity contribution in [1.82, 2.24) is 4.57 Å². The van der Waals surface area contributed by atoms with E-state index in [0.29, 0.717) is 6.54 Å². The van der Waals surface area contributed by atoms with Crippen LogP contribution in [0, 0.1) is 0 Å². The Morgan fingerprint density at radius 2 is 1.67 bits per heavy atom. The monoisotopic (exact) mass is 302 g/mol.